The molecule has 3 fully saturated rings. The Morgan fingerprint density at radius 2 is 2.23 bits per heavy atom. The highest BCUT2D eigenvalue weighted by molar-refractivity contribution is 5.93. The van der Waals surface area contributed by atoms with Crippen molar-refractivity contribution in [2.75, 3.05) is 32.8 Å². The second-order valence-electron chi connectivity index (χ2n) is 8.83. The van der Waals surface area contributed by atoms with Gasteiger partial charge in [0.25, 0.3) is 5.91 Å². The first-order valence-electron chi connectivity index (χ1n) is 10.2. The van der Waals surface area contributed by atoms with E-state index in [9.17, 15) is 14.7 Å². The molecule has 3 atom stereocenters. The molecule has 0 aromatic carbocycles. The molecule has 2 N–H and O–H groups in total. The van der Waals surface area contributed by atoms with E-state index in [2.05, 4.69) is 22.4 Å². The van der Waals surface area contributed by atoms with Crippen molar-refractivity contribution in [3.05, 3.63) is 36.3 Å². The number of piperidine rings is 1. The van der Waals surface area contributed by atoms with Crippen molar-refractivity contribution in [3.8, 4) is 11.3 Å². The number of nitrogens with one attached hydrogen (secondary N) is 1. The third-order valence-corrected chi connectivity index (χ3v) is 7.23. The molecule has 9 nitrogen and oxygen atoms in total. The summed E-state index contributed by atoms with van der Waals surface area (Å²) in [4.78, 5) is 29.5. The first kappa shape index (κ1) is 19.0. The van der Waals surface area contributed by atoms with Crippen LogP contribution in [0.3, 0.4) is 0 Å². The number of carbonyl (C=O) groups excluding carboxylic acids is 1. The maximum atomic E-state index is 12.5. The summed E-state index contributed by atoms with van der Waals surface area (Å²) in [6.45, 7) is 5.19. The van der Waals surface area contributed by atoms with Crippen molar-refractivity contribution in [1.29, 1.82) is 0 Å². The van der Waals surface area contributed by atoms with Gasteiger partial charge in [0.05, 0.1) is 13.2 Å². The molecule has 2 saturated heterocycles. The van der Waals surface area contributed by atoms with Crippen molar-refractivity contribution in [3.63, 3.8) is 0 Å². The van der Waals surface area contributed by atoms with Gasteiger partial charge in [-0.1, -0.05) is 12.1 Å². The van der Waals surface area contributed by atoms with Gasteiger partial charge in [0, 0.05) is 54.5 Å². The largest absolute Gasteiger partial charge is 0.465 e. The molecule has 4 heterocycles. The van der Waals surface area contributed by atoms with Crippen LogP contribution in [-0.4, -0.2) is 65.0 Å². The van der Waals surface area contributed by atoms with Gasteiger partial charge in [-0.15, -0.1) is 0 Å². The molecule has 2 aromatic rings. The lowest BCUT2D eigenvalue weighted by molar-refractivity contribution is -0.148. The number of likely N-dealkylation sites (tertiary alicyclic amines) is 1. The monoisotopic (exact) mass is 412 g/mol. The van der Waals surface area contributed by atoms with Crippen LogP contribution >= 0.6 is 0 Å². The molecular formula is C21H24N4O5. The molecule has 0 spiro atoms. The number of aromatic nitrogens is 2. The summed E-state index contributed by atoms with van der Waals surface area (Å²) in [7, 11) is 0. The predicted octanol–water partition coefficient (Wildman–Crippen LogP) is 2.12. The summed E-state index contributed by atoms with van der Waals surface area (Å²) in [5.41, 5.74) is 0.975. The first-order valence-corrected chi connectivity index (χ1v) is 10.2. The van der Waals surface area contributed by atoms with Crippen LogP contribution in [0.1, 0.15) is 23.8 Å². The Morgan fingerprint density at radius 1 is 1.40 bits per heavy atom. The standard InChI is InChI=1S/C21H24N4O5/c1-20(11-29-12-20)21-10-25(19(27)28)9-15(21)14(21)4-6-23-18(26)16-7-17(30-24-16)13-3-2-5-22-8-13/h2-3,5,7-8,14-15H,4,6,9-12H2,1H3,(H,23,26)(H,27,28). The Balaban J connectivity index is 1.19. The average Bonchev–Trinajstić information content (AvgIpc) is 3.12. The maximum Gasteiger partial charge on any atom is 0.407 e. The van der Waals surface area contributed by atoms with Gasteiger partial charge in [-0.3, -0.25) is 9.78 Å². The highest BCUT2D eigenvalue weighted by atomic mass is 16.5. The number of nitrogens with zero attached hydrogens (tertiary/aromatic N) is 3. The number of amides is 2. The van der Waals surface area contributed by atoms with E-state index < -0.39 is 6.09 Å². The normalized spacial score (nSPS) is 28.5. The number of pyridine rings is 1. The summed E-state index contributed by atoms with van der Waals surface area (Å²) < 4.78 is 10.7. The molecule has 0 radical (unpaired) electrons. The zero-order chi connectivity index (χ0) is 20.9. The van der Waals surface area contributed by atoms with Gasteiger partial charge in [0.2, 0.25) is 0 Å². The van der Waals surface area contributed by atoms with Gasteiger partial charge in [0.1, 0.15) is 0 Å². The van der Waals surface area contributed by atoms with Crippen molar-refractivity contribution in [1.82, 2.24) is 20.4 Å². The number of hydrogen-bond acceptors (Lipinski definition) is 6. The molecule has 3 unspecified atom stereocenters. The molecule has 2 aliphatic heterocycles. The smallest absolute Gasteiger partial charge is 0.407 e. The third kappa shape index (κ3) is 2.79. The molecule has 3 aliphatic rings. The third-order valence-electron chi connectivity index (χ3n) is 7.23. The Kier molecular flexibility index (Phi) is 4.32. The van der Waals surface area contributed by atoms with E-state index in [4.69, 9.17) is 9.26 Å². The fourth-order valence-electron chi connectivity index (χ4n) is 5.57. The lowest BCUT2D eigenvalue weighted by Gasteiger charge is -2.46. The van der Waals surface area contributed by atoms with E-state index in [1.807, 2.05) is 6.07 Å². The molecule has 2 amide bonds. The van der Waals surface area contributed by atoms with E-state index in [1.54, 1.807) is 24.5 Å². The van der Waals surface area contributed by atoms with Crippen LogP contribution in [0.2, 0.25) is 0 Å². The average molecular weight is 412 g/mol. The van der Waals surface area contributed by atoms with Crippen LogP contribution in [0.5, 0.6) is 0 Å². The summed E-state index contributed by atoms with van der Waals surface area (Å²) in [5.74, 6) is 0.948. The highest BCUT2D eigenvalue weighted by Gasteiger charge is 2.77. The fourth-order valence-corrected chi connectivity index (χ4v) is 5.57. The lowest BCUT2D eigenvalue weighted by atomic mass is 9.70. The summed E-state index contributed by atoms with van der Waals surface area (Å²) in [5, 5.41) is 16.2. The van der Waals surface area contributed by atoms with E-state index in [0.717, 1.165) is 12.0 Å². The summed E-state index contributed by atoms with van der Waals surface area (Å²) in [6, 6.07) is 5.24. The van der Waals surface area contributed by atoms with Crippen LogP contribution in [0, 0.1) is 22.7 Å². The van der Waals surface area contributed by atoms with Crippen molar-refractivity contribution < 1.29 is 24.0 Å². The van der Waals surface area contributed by atoms with Gasteiger partial charge >= 0.3 is 6.09 Å². The van der Waals surface area contributed by atoms with Gasteiger partial charge in [-0.25, -0.2) is 4.79 Å². The quantitative estimate of drug-likeness (QED) is 0.746. The van der Waals surface area contributed by atoms with Crippen LogP contribution in [0.25, 0.3) is 11.3 Å². The number of fused-ring (bicyclic) bond motifs is 1. The number of hydrogen-bond donors (Lipinski definition) is 2. The molecule has 1 saturated carbocycles. The zero-order valence-electron chi connectivity index (χ0n) is 16.7. The zero-order valence-corrected chi connectivity index (χ0v) is 16.7. The van der Waals surface area contributed by atoms with Crippen LogP contribution in [0.4, 0.5) is 4.79 Å². The van der Waals surface area contributed by atoms with E-state index in [1.165, 1.54) is 4.90 Å². The Hall–Kier alpha value is -2.94. The second kappa shape index (κ2) is 6.80. The van der Waals surface area contributed by atoms with E-state index in [0.29, 0.717) is 50.4 Å². The van der Waals surface area contributed by atoms with Crippen LogP contribution in [0.15, 0.2) is 35.1 Å². The van der Waals surface area contributed by atoms with E-state index >= 15 is 0 Å². The maximum absolute atomic E-state index is 12.5. The molecule has 158 valence electrons. The Labute approximate surface area is 173 Å². The summed E-state index contributed by atoms with van der Waals surface area (Å²) in [6.07, 6.45) is 3.28. The topological polar surface area (TPSA) is 118 Å². The second-order valence-corrected chi connectivity index (χ2v) is 8.83. The van der Waals surface area contributed by atoms with Crippen molar-refractivity contribution >= 4 is 12.0 Å². The Bertz CT molecular complexity index is 973. The van der Waals surface area contributed by atoms with E-state index in [-0.39, 0.29) is 22.4 Å². The lowest BCUT2D eigenvalue weighted by Crippen LogP contribution is -2.51. The van der Waals surface area contributed by atoms with Gasteiger partial charge in [-0.2, -0.15) is 0 Å². The number of rotatable bonds is 6. The van der Waals surface area contributed by atoms with Crippen molar-refractivity contribution in [2.45, 2.75) is 13.3 Å². The minimum Gasteiger partial charge on any atom is -0.465 e. The SMILES string of the molecule is CC1(C23CN(C(=O)O)CC2C3CCNC(=O)c2cc(-c3cccnc3)on2)COC1. The van der Waals surface area contributed by atoms with Crippen LogP contribution in [-0.2, 0) is 4.74 Å². The minimum absolute atomic E-state index is 0.0152. The molecule has 1 aliphatic carbocycles. The Morgan fingerprint density at radius 3 is 2.90 bits per heavy atom. The molecule has 2 aromatic heterocycles. The van der Waals surface area contributed by atoms with Gasteiger partial charge in [0.15, 0.2) is 11.5 Å². The predicted molar refractivity (Wildman–Crippen MR) is 105 cm³/mol. The van der Waals surface area contributed by atoms with Crippen LogP contribution < -0.4 is 5.32 Å². The highest BCUT2D eigenvalue weighted by Crippen LogP contribution is 2.74. The van der Waals surface area contributed by atoms with Gasteiger partial charge < -0.3 is 24.6 Å². The number of ether oxygens (including phenoxy) is 1. The number of carboxylic acid groups (broad SMARTS) is 1. The van der Waals surface area contributed by atoms with Gasteiger partial charge in [-0.05, 0) is 30.4 Å². The minimum atomic E-state index is -0.854. The first-order chi connectivity index (χ1) is 14.4. The van der Waals surface area contributed by atoms with Crippen molar-refractivity contribution in [2.24, 2.45) is 22.7 Å². The molecular weight excluding hydrogens is 388 g/mol. The molecule has 0 bridgehead atoms. The fraction of sp³-hybridized carbons (Fsp3) is 0.524. The molecule has 9 heteroatoms. The molecule has 30 heavy (non-hydrogen) atoms. The molecule has 5 rings (SSSR count). The summed E-state index contributed by atoms with van der Waals surface area (Å²) >= 11 is 0. The number of carbonyl (C=O) groups is 2.